The third kappa shape index (κ3) is 4.06. The van der Waals surface area contributed by atoms with Gasteiger partial charge in [-0.1, -0.05) is 30.3 Å². The van der Waals surface area contributed by atoms with Crippen LogP contribution in [0.1, 0.15) is 18.4 Å². The molecule has 2 amide bonds. The molecule has 5 heteroatoms. The average molecular weight is 276 g/mol. The van der Waals surface area contributed by atoms with E-state index in [0.717, 1.165) is 5.56 Å². The predicted octanol–water partition coefficient (Wildman–Crippen LogP) is 1.15. The average Bonchev–Trinajstić information content (AvgIpc) is 2.47. The lowest BCUT2D eigenvalue weighted by Crippen LogP contribution is -2.42. The van der Waals surface area contributed by atoms with Gasteiger partial charge in [0.1, 0.15) is 6.73 Å². The van der Waals surface area contributed by atoms with Gasteiger partial charge in [0, 0.05) is 25.9 Å². The maximum absolute atomic E-state index is 11.9. The highest BCUT2D eigenvalue weighted by Gasteiger charge is 2.28. The lowest BCUT2D eigenvalue weighted by Gasteiger charge is -2.27. The fraction of sp³-hybridized carbons (Fsp3) is 0.467. The maximum Gasteiger partial charge on any atom is 0.225 e. The molecule has 1 aliphatic rings. The lowest BCUT2D eigenvalue weighted by molar-refractivity contribution is -0.139. The minimum absolute atomic E-state index is 0.0293. The van der Waals surface area contributed by atoms with E-state index in [1.807, 2.05) is 30.3 Å². The van der Waals surface area contributed by atoms with E-state index in [-0.39, 0.29) is 24.5 Å². The third-order valence-electron chi connectivity index (χ3n) is 3.49. The number of likely N-dealkylation sites (tertiary alicyclic amines) is 1. The summed E-state index contributed by atoms with van der Waals surface area (Å²) in [5.41, 5.74) is 1.07. The summed E-state index contributed by atoms with van der Waals surface area (Å²) >= 11 is 0. The number of piperidine rings is 1. The molecule has 1 heterocycles. The van der Waals surface area contributed by atoms with Crippen molar-refractivity contribution in [3.05, 3.63) is 35.9 Å². The molecule has 0 aliphatic carbocycles. The molecule has 1 unspecified atom stereocenters. The number of hydrogen-bond donors (Lipinski definition) is 1. The van der Waals surface area contributed by atoms with Crippen LogP contribution in [0.25, 0.3) is 0 Å². The molecule has 1 fully saturated rings. The first-order chi connectivity index (χ1) is 9.66. The topological polar surface area (TPSA) is 58.6 Å². The van der Waals surface area contributed by atoms with Crippen LogP contribution in [0, 0.1) is 5.92 Å². The molecule has 2 rings (SSSR count). The molecular weight excluding hydrogens is 256 g/mol. The third-order valence-corrected chi connectivity index (χ3v) is 3.49. The largest absolute Gasteiger partial charge is 0.357 e. The Hall–Kier alpha value is -1.88. The van der Waals surface area contributed by atoms with Crippen molar-refractivity contribution in [3.63, 3.8) is 0 Å². The van der Waals surface area contributed by atoms with Crippen molar-refractivity contribution in [2.24, 2.45) is 5.92 Å². The fourth-order valence-corrected chi connectivity index (χ4v) is 2.18. The maximum atomic E-state index is 11.9. The number of amides is 2. The molecule has 0 radical (unpaired) electrons. The van der Waals surface area contributed by atoms with Crippen LogP contribution in [-0.2, 0) is 20.9 Å². The first kappa shape index (κ1) is 14.5. The SMILES string of the molecule is CN1CCC(C(=O)NCOCc2ccccc2)CC1=O. The second-order valence-corrected chi connectivity index (χ2v) is 5.02. The van der Waals surface area contributed by atoms with Gasteiger partial charge in [-0.3, -0.25) is 9.59 Å². The van der Waals surface area contributed by atoms with Crippen LogP contribution in [0.2, 0.25) is 0 Å². The summed E-state index contributed by atoms with van der Waals surface area (Å²) in [5, 5.41) is 2.73. The molecule has 1 saturated heterocycles. The van der Waals surface area contributed by atoms with E-state index in [1.54, 1.807) is 11.9 Å². The van der Waals surface area contributed by atoms with Gasteiger partial charge in [-0.15, -0.1) is 0 Å². The van der Waals surface area contributed by atoms with E-state index in [0.29, 0.717) is 26.0 Å². The summed E-state index contributed by atoms with van der Waals surface area (Å²) in [6, 6.07) is 9.78. The zero-order valence-electron chi connectivity index (χ0n) is 11.7. The Bertz CT molecular complexity index is 461. The van der Waals surface area contributed by atoms with Crippen LogP contribution in [0.15, 0.2) is 30.3 Å². The quantitative estimate of drug-likeness (QED) is 0.648. The second kappa shape index (κ2) is 7.05. The van der Waals surface area contributed by atoms with Crippen molar-refractivity contribution in [1.29, 1.82) is 0 Å². The highest BCUT2D eigenvalue weighted by molar-refractivity contribution is 5.86. The molecule has 0 saturated carbocycles. The van der Waals surface area contributed by atoms with Crippen LogP contribution in [0.3, 0.4) is 0 Å². The molecule has 1 N–H and O–H groups in total. The molecule has 1 aliphatic heterocycles. The van der Waals surface area contributed by atoms with E-state index in [2.05, 4.69) is 5.32 Å². The van der Waals surface area contributed by atoms with Gasteiger partial charge in [0.2, 0.25) is 11.8 Å². The lowest BCUT2D eigenvalue weighted by atomic mass is 9.96. The summed E-state index contributed by atoms with van der Waals surface area (Å²) < 4.78 is 5.40. The second-order valence-electron chi connectivity index (χ2n) is 5.02. The first-order valence-electron chi connectivity index (χ1n) is 6.80. The highest BCUT2D eigenvalue weighted by Crippen LogP contribution is 2.17. The van der Waals surface area contributed by atoms with Gasteiger partial charge in [-0.25, -0.2) is 0 Å². The summed E-state index contributed by atoms with van der Waals surface area (Å²) in [6.45, 7) is 1.28. The van der Waals surface area contributed by atoms with Crippen molar-refractivity contribution < 1.29 is 14.3 Å². The summed E-state index contributed by atoms with van der Waals surface area (Å²) in [4.78, 5) is 25.1. The minimum atomic E-state index is -0.223. The van der Waals surface area contributed by atoms with E-state index in [1.165, 1.54) is 0 Å². The highest BCUT2D eigenvalue weighted by atomic mass is 16.5. The Morgan fingerprint density at radius 1 is 1.40 bits per heavy atom. The van der Waals surface area contributed by atoms with E-state index < -0.39 is 0 Å². The number of rotatable bonds is 5. The van der Waals surface area contributed by atoms with Gasteiger partial charge < -0.3 is 15.0 Å². The van der Waals surface area contributed by atoms with E-state index >= 15 is 0 Å². The standard InChI is InChI=1S/C15H20N2O3/c1-17-8-7-13(9-14(17)18)15(19)16-11-20-10-12-5-3-2-4-6-12/h2-6,13H,7-11H2,1H3,(H,16,19). The Kier molecular flexibility index (Phi) is 5.12. The van der Waals surface area contributed by atoms with Crippen molar-refractivity contribution in [2.45, 2.75) is 19.4 Å². The van der Waals surface area contributed by atoms with Gasteiger partial charge in [0.15, 0.2) is 0 Å². The summed E-state index contributed by atoms with van der Waals surface area (Å²) in [7, 11) is 1.76. The molecule has 0 spiro atoms. The smallest absolute Gasteiger partial charge is 0.225 e. The Labute approximate surface area is 118 Å². The minimum Gasteiger partial charge on any atom is -0.357 e. The Balaban J connectivity index is 1.67. The zero-order valence-corrected chi connectivity index (χ0v) is 11.7. The molecule has 1 aromatic rings. The molecular formula is C15H20N2O3. The number of nitrogens with one attached hydrogen (secondary N) is 1. The number of carbonyl (C=O) groups excluding carboxylic acids is 2. The fourth-order valence-electron chi connectivity index (χ4n) is 2.18. The van der Waals surface area contributed by atoms with Gasteiger partial charge in [0.25, 0.3) is 0 Å². The number of benzene rings is 1. The van der Waals surface area contributed by atoms with Gasteiger partial charge in [0.05, 0.1) is 6.61 Å². The number of carbonyl (C=O) groups is 2. The van der Waals surface area contributed by atoms with Crippen LogP contribution < -0.4 is 5.32 Å². The Morgan fingerprint density at radius 2 is 2.15 bits per heavy atom. The van der Waals surface area contributed by atoms with E-state index in [4.69, 9.17) is 4.74 Å². The zero-order chi connectivity index (χ0) is 14.4. The van der Waals surface area contributed by atoms with E-state index in [9.17, 15) is 9.59 Å². The van der Waals surface area contributed by atoms with Crippen LogP contribution >= 0.6 is 0 Å². The molecule has 108 valence electrons. The monoisotopic (exact) mass is 276 g/mol. The molecule has 20 heavy (non-hydrogen) atoms. The van der Waals surface area contributed by atoms with Crippen LogP contribution in [-0.4, -0.2) is 37.0 Å². The molecule has 0 aromatic heterocycles. The first-order valence-corrected chi connectivity index (χ1v) is 6.80. The van der Waals surface area contributed by atoms with Crippen molar-refractivity contribution in [3.8, 4) is 0 Å². The van der Waals surface area contributed by atoms with Gasteiger partial charge >= 0.3 is 0 Å². The number of hydrogen-bond acceptors (Lipinski definition) is 3. The Morgan fingerprint density at radius 3 is 2.85 bits per heavy atom. The van der Waals surface area contributed by atoms with Crippen LogP contribution in [0.4, 0.5) is 0 Å². The van der Waals surface area contributed by atoms with Crippen molar-refractivity contribution in [2.75, 3.05) is 20.3 Å². The molecule has 1 aromatic carbocycles. The molecule has 0 bridgehead atoms. The number of ether oxygens (including phenoxy) is 1. The van der Waals surface area contributed by atoms with Gasteiger partial charge in [-0.05, 0) is 12.0 Å². The van der Waals surface area contributed by atoms with Crippen molar-refractivity contribution >= 4 is 11.8 Å². The molecule has 5 nitrogen and oxygen atoms in total. The summed E-state index contributed by atoms with van der Waals surface area (Å²) in [5.74, 6) is -0.292. The molecule has 1 atom stereocenters. The van der Waals surface area contributed by atoms with Crippen LogP contribution in [0.5, 0.6) is 0 Å². The van der Waals surface area contributed by atoms with Gasteiger partial charge in [-0.2, -0.15) is 0 Å². The van der Waals surface area contributed by atoms with Crippen molar-refractivity contribution in [1.82, 2.24) is 10.2 Å². The predicted molar refractivity (Wildman–Crippen MR) is 74.6 cm³/mol. The summed E-state index contributed by atoms with van der Waals surface area (Å²) in [6.07, 6.45) is 1.01. The normalized spacial score (nSPS) is 18.9. The number of nitrogens with zero attached hydrogens (tertiary/aromatic N) is 1.